The number of hydrogen-bond acceptors (Lipinski definition) is 1. The van der Waals surface area contributed by atoms with Gasteiger partial charge in [-0.05, 0) is 55.4 Å². The second-order valence-corrected chi connectivity index (χ2v) is 4.39. The Morgan fingerprint density at radius 3 is 2.14 bits per heavy atom. The second kappa shape index (κ2) is 4.04. The highest BCUT2D eigenvalue weighted by Gasteiger charge is 2.08. The fourth-order valence-electron chi connectivity index (χ4n) is 2.28. The zero-order valence-corrected chi connectivity index (χ0v) is 8.97. The minimum Gasteiger partial charge on any atom is -0.399 e. The number of fused-ring (bicyclic) bond motifs is 1. The summed E-state index contributed by atoms with van der Waals surface area (Å²) in [4.78, 5) is 0. The van der Waals surface area contributed by atoms with Crippen molar-refractivity contribution in [3.63, 3.8) is 0 Å². The van der Waals surface area contributed by atoms with E-state index in [1.165, 1.54) is 55.2 Å². The first-order chi connectivity index (χ1) is 6.77. The summed E-state index contributed by atoms with van der Waals surface area (Å²) in [5, 5.41) is 0. The maximum Gasteiger partial charge on any atom is 0.0346 e. The molecular formula is C13H19N. The Morgan fingerprint density at radius 1 is 0.929 bits per heavy atom. The molecule has 2 rings (SSSR count). The van der Waals surface area contributed by atoms with Crippen LogP contribution in [0.15, 0.2) is 12.1 Å². The van der Waals surface area contributed by atoms with Gasteiger partial charge in [0.1, 0.15) is 0 Å². The van der Waals surface area contributed by atoms with Gasteiger partial charge in [0.15, 0.2) is 0 Å². The van der Waals surface area contributed by atoms with Crippen LogP contribution in [0.5, 0.6) is 0 Å². The van der Waals surface area contributed by atoms with Crippen molar-refractivity contribution in [3.8, 4) is 0 Å². The van der Waals surface area contributed by atoms with Gasteiger partial charge in [0.05, 0.1) is 0 Å². The molecule has 0 atom stereocenters. The van der Waals surface area contributed by atoms with Gasteiger partial charge >= 0.3 is 0 Å². The maximum absolute atomic E-state index is 5.93. The first-order valence-electron chi connectivity index (χ1n) is 5.65. The lowest BCUT2D eigenvalue weighted by atomic mass is 9.91. The van der Waals surface area contributed by atoms with Gasteiger partial charge in [0.2, 0.25) is 0 Å². The Morgan fingerprint density at radius 2 is 1.50 bits per heavy atom. The topological polar surface area (TPSA) is 26.0 Å². The van der Waals surface area contributed by atoms with Gasteiger partial charge in [-0.25, -0.2) is 0 Å². The molecule has 0 aromatic heterocycles. The summed E-state index contributed by atoms with van der Waals surface area (Å²) < 4.78 is 0. The van der Waals surface area contributed by atoms with E-state index in [4.69, 9.17) is 5.73 Å². The van der Waals surface area contributed by atoms with Gasteiger partial charge in [-0.1, -0.05) is 18.9 Å². The van der Waals surface area contributed by atoms with E-state index in [-0.39, 0.29) is 0 Å². The number of aryl methyl sites for hydroxylation is 3. The lowest BCUT2D eigenvalue weighted by molar-refractivity contribution is 0.617. The molecule has 76 valence electrons. The molecule has 0 heterocycles. The first-order valence-corrected chi connectivity index (χ1v) is 5.65. The van der Waals surface area contributed by atoms with E-state index in [2.05, 4.69) is 19.1 Å². The first kappa shape index (κ1) is 9.57. The van der Waals surface area contributed by atoms with Crippen LogP contribution in [0.2, 0.25) is 0 Å². The van der Waals surface area contributed by atoms with E-state index < -0.39 is 0 Å². The van der Waals surface area contributed by atoms with Crippen LogP contribution in [0.25, 0.3) is 0 Å². The summed E-state index contributed by atoms with van der Waals surface area (Å²) in [7, 11) is 0. The van der Waals surface area contributed by atoms with Crippen LogP contribution in [0.1, 0.15) is 42.4 Å². The van der Waals surface area contributed by atoms with Gasteiger partial charge in [-0.3, -0.25) is 0 Å². The van der Waals surface area contributed by atoms with Crippen LogP contribution in [0.4, 0.5) is 5.69 Å². The molecule has 0 saturated heterocycles. The summed E-state index contributed by atoms with van der Waals surface area (Å²) in [5.74, 6) is 0. The van der Waals surface area contributed by atoms with Crippen molar-refractivity contribution in [3.05, 3.63) is 28.8 Å². The molecule has 14 heavy (non-hydrogen) atoms. The van der Waals surface area contributed by atoms with Crippen molar-refractivity contribution in [1.29, 1.82) is 0 Å². The second-order valence-electron chi connectivity index (χ2n) is 4.39. The van der Waals surface area contributed by atoms with E-state index in [1.807, 2.05) is 0 Å². The number of rotatable bonds is 0. The number of nitrogen functional groups attached to an aromatic ring is 1. The molecule has 0 fully saturated rings. The summed E-state index contributed by atoms with van der Waals surface area (Å²) in [5.41, 5.74) is 11.2. The number of nitrogens with two attached hydrogens (primary N) is 1. The highest BCUT2D eigenvalue weighted by atomic mass is 14.6. The average molecular weight is 189 g/mol. The van der Waals surface area contributed by atoms with Crippen LogP contribution in [0, 0.1) is 6.92 Å². The Hall–Kier alpha value is -0.980. The molecule has 0 unspecified atom stereocenters. The van der Waals surface area contributed by atoms with E-state index in [1.54, 1.807) is 0 Å². The van der Waals surface area contributed by atoms with E-state index in [9.17, 15) is 0 Å². The van der Waals surface area contributed by atoms with Crippen molar-refractivity contribution < 1.29 is 0 Å². The standard InChI is InChI=1S/C13H19N/c1-10-8-11-6-4-2-3-5-7-12(11)9-13(10)14/h8-9H,2-7,14H2,1H3. The predicted octanol–water partition coefficient (Wildman–Crippen LogP) is 3.24. The van der Waals surface area contributed by atoms with Crippen LogP contribution in [-0.4, -0.2) is 0 Å². The third kappa shape index (κ3) is 1.92. The monoisotopic (exact) mass is 189 g/mol. The zero-order chi connectivity index (χ0) is 9.97. The van der Waals surface area contributed by atoms with Gasteiger partial charge < -0.3 is 5.73 Å². The quantitative estimate of drug-likeness (QED) is 0.623. The highest BCUT2D eigenvalue weighted by molar-refractivity contribution is 5.51. The summed E-state index contributed by atoms with van der Waals surface area (Å²) in [6.45, 7) is 2.11. The minimum absolute atomic E-state index is 0.962. The molecule has 0 spiro atoms. The molecule has 1 aliphatic carbocycles. The van der Waals surface area contributed by atoms with E-state index in [0.717, 1.165) is 5.69 Å². The molecule has 2 N–H and O–H groups in total. The van der Waals surface area contributed by atoms with Crippen molar-refractivity contribution in [2.75, 3.05) is 5.73 Å². The zero-order valence-electron chi connectivity index (χ0n) is 8.97. The minimum atomic E-state index is 0.962. The summed E-state index contributed by atoms with van der Waals surface area (Å²) >= 11 is 0. The van der Waals surface area contributed by atoms with E-state index >= 15 is 0 Å². The van der Waals surface area contributed by atoms with E-state index in [0.29, 0.717) is 0 Å². The molecule has 0 amide bonds. The number of hydrogen-bond donors (Lipinski definition) is 1. The molecule has 1 aliphatic rings. The fourth-order valence-corrected chi connectivity index (χ4v) is 2.28. The Balaban J connectivity index is 2.35. The predicted molar refractivity (Wildman–Crippen MR) is 61.5 cm³/mol. The normalized spacial score (nSPS) is 16.9. The molecule has 1 nitrogen and oxygen atoms in total. The van der Waals surface area contributed by atoms with Crippen LogP contribution in [0.3, 0.4) is 0 Å². The van der Waals surface area contributed by atoms with Crippen molar-refractivity contribution in [2.24, 2.45) is 0 Å². The molecule has 0 bridgehead atoms. The number of benzene rings is 1. The average Bonchev–Trinajstić information content (AvgIpc) is 2.13. The molecular weight excluding hydrogens is 170 g/mol. The van der Waals surface area contributed by atoms with Crippen molar-refractivity contribution in [1.82, 2.24) is 0 Å². The van der Waals surface area contributed by atoms with Crippen LogP contribution in [-0.2, 0) is 12.8 Å². The summed E-state index contributed by atoms with van der Waals surface area (Å²) in [6.07, 6.45) is 7.91. The Labute approximate surface area is 86.3 Å². The lowest BCUT2D eigenvalue weighted by Crippen LogP contribution is -2.02. The lowest BCUT2D eigenvalue weighted by Gasteiger charge is -2.15. The fraction of sp³-hybridized carbons (Fsp3) is 0.538. The number of anilines is 1. The Kier molecular flexibility index (Phi) is 2.76. The smallest absolute Gasteiger partial charge is 0.0346 e. The van der Waals surface area contributed by atoms with Gasteiger partial charge in [-0.2, -0.15) is 0 Å². The maximum atomic E-state index is 5.93. The SMILES string of the molecule is Cc1cc2c(cc1N)CCCCCC2. The van der Waals surface area contributed by atoms with Gasteiger partial charge in [-0.15, -0.1) is 0 Å². The highest BCUT2D eigenvalue weighted by Crippen LogP contribution is 2.24. The third-order valence-electron chi connectivity index (χ3n) is 3.23. The van der Waals surface area contributed by atoms with Crippen LogP contribution < -0.4 is 5.73 Å². The molecule has 1 aromatic rings. The Bertz CT molecular complexity index is 295. The van der Waals surface area contributed by atoms with Crippen molar-refractivity contribution >= 4 is 5.69 Å². The summed E-state index contributed by atoms with van der Waals surface area (Å²) in [6, 6.07) is 4.48. The molecule has 0 aliphatic heterocycles. The van der Waals surface area contributed by atoms with Crippen LogP contribution >= 0.6 is 0 Å². The third-order valence-corrected chi connectivity index (χ3v) is 3.23. The molecule has 0 radical (unpaired) electrons. The molecule has 1 aromatic carbocycles. The molecule has 1 heteroatoms. The van der Waals surface area contributed by atoms with Gasteiger partial charge in [0, 0.05) is 5.69 Å². The van der Waals surface area contributed by atoms with Crippen molar-refractivity contribution in [2.45, 2.75) is 45.4 Å². The molecule has 0 saturated carbocycles. The van der Waals surface area contributed by atoms with Gasteiger partial charge in [0.25, 0.3) is 0 Å². The largest absolute Gasteiger partial charge is 0.399 e.